The second-order valence-electron chi connectivity index (χ2n) is 4.71. The summed E-state index contributed by atoms with van der Waals surface area (Å²) < 4.78 is 3.06. The Hall–Kier alpha value is -1.20. The number of nitrogens with two attached hydrogens (primary N) is 1. The summed E-state index contributed by atoms with van der Waals surface area (Å²) in [5.41, 5.74) is 10.5. The summed E-state index contributed by atoms with van der Waals surface area (Å²) in [5.74, 6) is 0. The maximum absolute atomic E-state index is 6.28. The normalized spacial score (nSPS) is 12.7. The first-order chi connectivity index (χ1) is 9.02. The topological polar surface area (TPSA) is 56.7 Å². The van der Waals surface area contributed by atoms with Crippen LogP contribution in [0, 0.1) is 13.8 Å². The Labute approximate surface area is 122 Å². The van der Waals surface area contributed by atoms with Crippen molar-refractivity contribution in [3.8, 4) is 0 Å². The average molecular weight is 323 g/mol. The van der Waals surface area contributed by atoms with Crippen LogP contribution in [0.15, 0.2) is 22.8 Å². The van der Waals surface area contributed by atoms with Crippen molar-refractivity contribution in [2.24, 2.45) is 5.73 Å². The van der Waals surface area contributed by atoms with Gasteiger partial charge in [0.2, 0.25) is 0 Å². The zero-order chi connectivity index (χ0) is 14.0. The fourth-order valence-electron chi connectivity index (χ4n) is 2.09. The van der Waals surface area contributed by atoms with Gasteiger partial charge < -0.3 is 5.73 Å². The van der Waals surface area contributed by atoms with E-state index in [4.69, 9.17) is 5.73 Å². The van der Waals surface area contributed by atoms with Gasteiger partial charge in [-0.2, -0.15) is 5.10 Å². The fourth-order valence-corrected chi connectivity index (χ4v) is 2.53. The lowest BCUT2D eigenvalue weighted by atomic mass is 10.0. The number of rotatable bonds is 4. The van der Waals surface area contributed by atoms with Gasteiger partial charge in [0.05, 0.1) is 15.9 Å². The van der Waals surface area contributed by atoms with Crippen molar-refractivity contribution < 1.29 is 0 Å². The van der Waals surface area contributed by atoms with Crippen LogP contribution in [0.2, 0.25) is 0 Å². The van der Waals surface area contributed by atoms with Gasteiger partial charge in [-0.25, -0.2) is 0 Å². The average Bonchev–Trinajstić information content (AvgIpc) is 2.67. The number of hydrogen-bond donors (Lipinski definition) is 1. The molecule has 19 heavy (non-hydrogen) atoms. The molecule has 2 aromatic heterocycles. The molecule has 0 saturated heterocycles. The summed E-state index contributed by atoms with van der Waals surface area (Å²) in [5, 5.41) is 4.49. The van der Waals surface area contributed by atoms with Crippen molar-refractivity contribution >= 4 is 15.9 Å². The highest BCUT2D eigenvalue weighted by molar-refractivity contribution is 9.10. The zero-order valence-electron chi connectivity index (χ0n) is 11.5. The standard InChI is InChI=1S/C14H19BrN4/c1-4-19-13(14(15)10(3)18-19)7-12(16)11-6-5-9(2)17-8-11/h5-6,8,12H,4,7,16H2,1-3H3. The Kier molecular flexibility index (Phi) is 4.37. The van der Waals surface area contributed by atoms with Crippen LogP contribution in [0.5, 0.6) is 0 Å². The molecule has 0 saturated carbocycles. The van der Waals surface area contributed by atoms with Gasteiger partial charge in [0.15, 0.2) is 0 Å². The van der Waals surface area contributed by atoms with E-state index >= 15 is 0 Å². The first kappa shape index (κ1) is 14.2. The van der Waals surface area contributed by atoms with Crippen LogP contribution in [-0.4, -0.2) is 14.8 Å². The highest BCUT2D eigenvalue weighted by atomic mass is 79.9. The maximum Gasteiger partial charge on any atom is 0.0738 e. The molecule has 2 rings (SSSR count). The molecule has 0 fully saturated rings. The number of pyridine rings is 1. The second kappa shape index (κ2) is 5.84. The van der Waals surface area contributed by atoms with Gasteiger partial charge in [-0.3, -0.25) is 9.67 Å². The predicted octanol–water partition coefficient (Wildman–Crippen LogP) is 2.92. The van der Waals surface area contributed by atoms with E-state index in [1.165, 1.54) is 0 Å². The van der Waals surface area contributed by atoms with Crippen molar-refractivity contribution in [1.29, 1.82) is 0 Å². The second-order valence-corrected chi connectivity index (χ2v) is 5.50. The number of aryl methyl sites for hydroxylation is 3. The van der Waals surface area contributed by atoms with Crippen molar-refractivity contribution in [3.63, 3.8) is 0 Å². The van der Waals surface area contributed by atoms with E-state index in [9.17, 15) is 0 Å². The summed E-state index contributed by atoms with van der Waals surface area (Å²) in [7, 11) is 0. The minimum atomic E-state index is -0.0641. The van der Waals surface area contributed by atoms with E-state index < -0.39 is 0 Å². The minimum absolute atomic E-state index is 0.0641. The van der Waals surface area contributed by atoms with Gasteiger partial charge in [-0.1, -0.05) is 6.07 Å². The highest BCUT2D eigenvalue weighted by Gasteiger charge is 2.16. The molecule has 0 bridgehead atoms. The summed E-state index contributed by atoms with van der Waals surface area (Å²) in [6.45, 7) is 6.90. The Morgan fingerprint density at radius 2 is 2.11 bits per heavy atom. The number of aromatic nitrogens is 3. The molecular formula is C14H19BrN4. The largest absolute Gasteiger partial charge is 0.324 e. The SMILES string of the molecule is CCn1nc(C)c(Br)c1CC(N)c1ccc(C)nc1. The van der Waals surface area contributed by atoms with E-state index in [1.807, 2.05) is 36.9 Å². The predicted molar refractivity (Wildman–Crippen MR) is 79.9 cm³/mol. The monoisotopic (exact) mass is 322 g/mol. The molecule has 0 radical (unpaired) electrons. The Bertz CT molecular complexity index is 560. The van der Waals surface area contributed by atoms with E-state index in [0.717, 1.165) is 40.1 Å². The molecule has 102 valence electrons. The lowest BCUT2D eigenvalue weighted by Gasteiger charge is -2.13. The molecule has 0 aliphatic rings. The van der Waals surface area contributed by atoms with Crippen molar-refractivity contribution in [2.45, 2.75) is 39.8 Å². The lowest BCUT2D eigenvalue weighted by Crippen LogP contribution is -2.16. The van der Waals surface area contributed by atoms with E-state index in [0.29, 0.717) is 0 Å². The molecule has 0 aliphatic carbocycles. The van der Waals surface area contributed by atoms with Gasteiger partial charge in [0.1, 0.15) is 0 Å². The Morgan fingerprint density at radius 1 is 1.37 bits per heavy atom. The van der Waals surface area contributed by atoms with Crippen molar-refractivity contribution in [1.82, 2.24) is 14.8 Å². The molecule has 4 nitrogen and oxygen atoms in total. The summed E-state index contributed by atoms with van der Waals surface area (Å²) >= 11 is 3.60. The Balaban J connectivity index is 2.23. The molecule has 0 aromatic carbocycles. The lowest BCUT2D eigenvalue weighted by molar-refractivity contribution is 0.585. The van der Waals surface area contributed by atoms with E-state index in [1.54, 1.807) is 0 Å². The van der Waals surface area contributed by atoms with Gasteiger partial charge in [0.25, 0.3) is 0 Å². The molecule has 0 aliphatic heterocycles. The molecule has 2 N–H and O–H groups in total. The van der Waals surface area contributed by atoms with E-state index in [2.05, 4.69) is 32.9 Å². The maximum atomic E-state index is 6.28. The summed E-state index contributed by atoms with van der Waals surface area (Å²) in [6.07, 6.45) is 2.60. The number of halogens is 1. The van der Waals surface area contributed by atoms with Crippen molar-refractivity contribution in [2.75, 3.05) is 0 Å². The van der Waals surface area contributed by atoms with Crippen LogP contribution in [0.3, 0.4) is 0 Å². The van der Waals surface area contributed by atoms with E-state index in [-0.39, 0.29) is 6.04 Å². The molecule has 2 heterocycles. The molecule has 2 aromatic rings. The first-order valence-corrected chi connectivity index (χ1v) is 7.22. The van der Waals surface area contributed by atoms with Crippen LogP contribution >= 0.6 is 15.9 Å². The first-order valence-electron chi connectivity index (χ1n) is 6.42. The molecule has 1 atom stereocenters. The fraction of sp³-hybridized carbons (Fsp3) is 0.429. The third-order valence-electron chi connectivity index (χ3n) is 3.23. The van der Waals surface area contributed by atoms with Crippen LogP contribution in [0.25, 0.3) is 0 Å². The highest BCUT2D eigenvalue weighted by Crippen LogP contribution is 2.25. The van der Waals surface area contributed by atoms with Crippen LogP contribution in [0.4, 0.5) is 0 Å². The third kappa shape index (κ3) is 3.04. The van der Waals surface area contributed by atoms with Crippen LogP contribution in [0.1, 0.15) is 35.6 Å². The van der Waals surface area contributed by atoms with Crippen LogP contribution in [-0.2, 0) is 13.0 Å². The van der Waals surface area contributed by atoms with Gasteiger partial charge in [-0.15, -0.1) is 0 Å². The van der Waals surface area contributed by atoms with Gasteiger partial charge in [0, 0.05) is 30.9 Å². The number of hydrogen-bond acceptors (Lipinski definition) is 3. The molecular weight excluding hydrogens is 304 g/mol. The molecule has 0 spiro atoms. The van der Waals surface area contributed by atoms with Gasteiger partial charge >= 0.3 is 0 Å². The zero-order valence-corrected chi connectivity index (χ0v) is 13.1. The molecule has 1 unspecified atom stereocenters. The van der Waals surface area contributed by atoms with Gasteiger partial charge in [-0.05, 0) is 48.3 Å². The third-order valence-corrected chi connectivity index (χ3v) is 4.26. The minimum Gasteiger partial charge on any atom is -0.324 e. The number of nitrogens with zero attached hydrogens (tertiary/aromatic N) is 3. The molecule has 0 amide bonds. The van der Waals surface area contributed by atoms with Crippen LogP contribution < -0.4 is 5.73 Å². The smallest absolute Gasteiger partial charge is 0.0738 e. The Morgan fingerprint density at radius 3 is 2.68 bits per heavy atom. The molecule has 5 heteroatoms. The quantitative estimate of drug-likeness (QED) is 0.941. The van der Waals surface area contributed by atoms with Crippen molar-refractivity contribution in [3.05, 3.63) is 45.4 Å². The summed E-state index contributed by atoms with van der Waals surface area (Å²) in [6, 6.07) is 3.97. The summed E-state index contributed by atoms with van der Waals surface area (Å²) in [4.78, 5) is 4.30.